The Morgan fingerprint density at radius 3 is 2.32 bits per heavy atom. The quantitative estimate of drug-likeness (QED) is 0.666. The van der Waals surface area contributed by atoms with Crippen molar-refractivity contribution in [2.45, 2.75) is 18.4 Å². The van der Waals surface area contributed by atoms with E-state index in [1.165, 1.54) is 43.3 Å². The number of nitrogens with one attached hydrogen (secondary N) is 1. The second-order valence-electron chi connectivity index (χ2n) is 6.03. The van der Waals surface area contributed by atoms with E-state index >= 15 is 0 Å². The standard InChI is InChI=1S/C20H19N3O4S/c1-15(24)22-16-9-11-18(12-10-16)28(26,27)23(14-17-6-4-5-13-21-17)19-7-2-3-8-20(19)25/h2-13,25H,14H2,1H3,(H,22,24). The molecule has 0 aliphatic rings. The number of carbonyl (C=O) groups excluding carboxylic acids is 1. The summed E-state index contributed by atoms with van der Waals surface area (Å²) in [5.74, 6) is -0.404. The molecule has 0 fully saturated rings. The van der Waals surface area contributed by atoms with Crippen molar-refractivity contribution in [3.63, 3.8) is 0 Å². The predicted molar refractivity (Wildman–Crippen MR) is 106 cm³/mol. The number of amides is 1. The Hall–Kier alpha value is -3.39. The second-order valence-corrected chi connectivity index (χ2v) is 7.89. The summed E-state index contributed by atoms with van der Waals surface area (Å²) in [6, 6.07) is 17.3. The first-order valence-corrected chi connectivity index (χ1v) is 9.90. The van der Waals surface area contributed by atoms with Crippen LogP contribution in [0.2, 0.25) is 0 Å². The molecular weight excluding hydrogens is 378 g/mol. The number of hydrogen-bond donors (Lipinski definition) is 2. The highest BCUT2D eigenvalue weighted by atomic mass is 32.2. The van der Waals surface area contributed by atoms with Gasteiger partial charge in [-0.15, -0.1) is 0 Å². The largest absolute Gasteiger partial charge is 0.506 e. The van der Waals surface area contributed by atoms with Crippen molar-refractivity contribution in [3.05, 3.63) is 78.6 Å². The van der Waals surface area contributed by atoms with Crippen molar-refractivity contribution in [3.8, 4) is 5.75 Å². The minimum Gasteiger partial charge on any atom is -0.506 e. The van der Waals surface area contributed by atoms with Gasteiger partial charge in [0.15, 0.2) is 0 Å². The van der Waals surface area contributed by atoms with Crippen LogP contribution in [0, 0.1) is 0 Å². The number of carbonyl (C=O) groups is 1. The monoisotopic (exact) mass is 397 g/mol. The molecule has 0 aliphatic carbocycles. The Bertz CT molecular complexity index is 1070. The maximum atomic E-state index is 13.3. The lowest BCUT2D eigenvalue weighted by Crippen LogP contribution is -2.31. The molecule has 8 heteroatoms. The van der Waals surface area contributed by atoms with Crippen molar-refractivity contribution in [1.82, 2.24) is 4.98 Å². The van der Waals surface area contributed by atoms with Gasteiger partial charge in [-0.25, -0.2) is 8.42 Å². The van der Waals surface area contributed by atoms with Crippen molar-refractivity contribution in [2.75, 3.05) is 9.62 Å². The molecule has 0 unspecified atom stereocenters. The molecule has 2 N–H and O–H groups in total. The minimum absolute atomic E-state index is 0.0285. The molecule has 1 amide bonds. The summed E-state index contributed by atoms with van der Waals surface area (Å²) in [5, 5.41) is 12.8. The Labute approximate surface area is 163 Å². The molecule has 1 heterocycles. The first-order chi connectivity index (χ1) is 13.4. The molecule has 144 valence electrons. The lowest BCUT2D eigenvalue weighted by molar-refractivity contribution is -0.114. The minimum atomic E-state index is -4.00. The Morgan fingerprint density at radius 1 is 1.04 bits per heavy atom. The first kappa shape index (κ1) is 19.4. The van der Waals surface area contributed by atoms with E-state index in [2.05, 4.69) is 10.3 Å². The maximum absolute atomic E-state index is 13.3. The lowest BCUT2D eigenvalue weighted by atomic mass is 10.3. The van der Waals surface area contributed by atoms with Gasteiger partial charge in [-0.1, -0.05) is 18.2 Å². The van der Waals surface area contributed by atoms with Crippen LogP contribution in [-0.2, 0) is 21.4 Å². The van der Waals surface area contributed by atoms with E-state index in [9.17, 15) is 18.3 Å². The number of para-hydroxylation sites is 2. The molecule has 3 rings (SSSR count). The van der Waals surface area contributed by atoms with Crippen molar-refractivity contribution in [1.29, 1.82) is 0 Å². The van der Waals surface area contributed by atoms with Crippen LogP contribution in [-0.4, -0.2) is 24.4 Å². The number of benzene rings is 2. The average Bonchev–Trinajstić information content (AvgIpc) is 2.67. The van der Waals surface area contributed by atoms with Gasteiger partial charge < -0.3 is 10.4 Å². The smallest absolute Gasteiger partial charge is 0.264 e. The number of anilines is 2. The molecule has 0 aliphatic heterocycles. The Morgan fingerprint density at radius 2 is 1.71 bits per heavy atom. The summed E-state index contributed by atoms with van der Waals surface area (Å²) in [7, 11) is -4.00. The van der Waals surface area contributed by atoms with E-state index in [4.69, 9.17) is 0 Å². The van der Waals surface area contributed by atoms with Gasteiger partial charge in [0.25, 0.3) is 10.0 Å². The Balaban J connectivity index is 2.03. The predicted octanol–water partition coefficient (Wildman–Crippen LogP) is 3.14. The SMILES string of the molecule is CC(=O)Nc1ccc(S(=O)(=O)N(Cc2ccccn2)c2ccccc2O)cc1. The van der Waals surface area contributed by atoms with Crippen molar-refractivity contribution >= 4 is 27.3 Å². The molecular formula is C20H19N3O4S. The fraction of sp³-hybridized carbons (Fsp3) is 0.100. The molecule has 3 aromatic rings. The molecule has 2 aromatic carbocycles. The van der Waals surface area contributed by atoms with Crippen LogP contribution in [0.1, 0.15) is 12.6 Å². The zero-order valence-corrected chi connectivity index (χ0v) is 15.9. The zero-order valence-electron chi connectivity index (χ0n) is 15.1. The van der Waals surface area contributed by atoms with E-state index in [0.29, 0.717) is 11.4 Å². The Kier molecular flexibility index (Phi) is 5.60. The van der Waals surface area contributed by atoms with Gasteiger partial charge in [-0.05, 0) is 48.5 Å². The molecule has 0 saturated carbocycles. The number of aromatic hydroxyl groups is 1. The van der Waals surface area contributed by atoms with Crippen LogP contribution in [0.5, 0.6) is 5.75 Å². The van der Waals surface area contributed by atoms with E-state index in [0.717, 1.165) is 4.31 Å². The van der Waals surface area contributed by atoms with E-state index < -0.39 is 10.0 Å². The topological polar surface area (TPSA) is 99.6 Å². The first-order valence-electron chi connectivity index (χ1n) is 8.46. The van der Waals surface area contributed by atoms with Crippen LogP contribution in [0.3, 0.4) is 0 Å². The normalized spacial score (nSPS) is 11.0. The fourth-order valence-corrected chi connectivity index (χ4v) is 4.10. The molecule has 0 saturated heterocycles. The molecule has 28 heavy (non-hydrogen) atoms. The lowest BCUT2D eigenvalue weighted by Gasteiger charge is -2.25. The van der Waals surface area contributed by atoms with Crippen LogP contribution in [0.25, 0.3) is 0 Å². The van der Waals surface area contributed by atoms with Crippen LogP contribution in [0.4, 0.5) is 11.4 Å². The number of hydrogen-bond acceptors (Lipinski definition) is 5. The molecule has 7 nitrogen and oxygen atoms in total. The fourth-order valence-electron chi connectivity index (χ4n) is 2.65. The van der Waals surface area contributed by atoms with E-state index in [1.807, 2.05) is 0 Å². The van der Waals surface area contributed by atoms with Crippen molar-refractivity contribution < 1.29 is 18.3 Å². The van der Waals surface area contributed by atoms with Gasteiger partial charge in [-0.2, -0.15) is 0 Å². The summed E-state index contributed by atoms with van der Waals surface area (Å²) in [6.45, 7) is 1.33. The highest BCUT2D eigenvalue weighted by Crippen LogP contribution is 2.32. The van der Waals surface area contributed by atoms with Gasteiger partial charge in [0.1, 0.15) is 5.75 Å². The number of nitrogens with zero attached hydrogens (tertiary/aromatic N) is 2. The molecule has 0 radical (unpaired) electrons. The van der Waals surface area contributed by atoms with E-state index in [1.54, 1.807) is 36.5 Å². The number of rotatable bonds is 6. The number of sulfonamides is 1. The number of pyridine rings is 1. The van der Waals surface area contributed by atoms with Gasteiger partial charge in [0, 0.05) is 18.8 Å². The third-order valence-corrected chi connectivity index (χ3v) is 5.72. The summed E-state index contributed by atoms with van der Waals surface area (Å²) >= 11 is 0. The number of phenolic OH excluding ortho intramolecular Hbond substituents is 1. The summed E-state index contributed by atoms with van der Waals surface area (Å²) in [5.41, 5.74) is 1.17. The van der Waals surface area contributed by atoms with Crippen LogP contribution >= 0.6 is 0 Å². The van der Waals surface area contributed by atoms with E-state index in [-0.39, 0.29) is 28.8 Å². The zero-order chi connectivity index (χ0) is 20.1. The molecule has 1 aromatic heterocycles. The summed E-state index contributed by atoms with van der Waals surface area (Å²) in [4.78, 5) is 15.4. The molecule has 0 spiro atoms. The third-order valence-electron chi connectivity index (χ3n) is 3.94. The van der Waals surface area contributed by atoms with Crippen LogP contribution < -0.4 is 9.62 Å². The van der Waals surface area contributed by atoms with Crippen LogP contribution in [0.15, 0.2) is 77.8 Å². The third kappa shape index (κ3) is 4.29. The van der Waals surface area contributed by atoms with Gasteiger partial charge in [0.2, 0.25) is 5.91 Å². The summed E-state index contributed by atoms with van der Waals surface area (Å²) in [6.07, 6.45) is 1.58. The number of aromatic nitrogens is 1. The van der Waals surface area contributed by atoms with Gasteiger partial charge in [0.05, 0.1) is 22.8 Å². The second kappa shape index (κ2) is 8.10. The highest BCUT2D eigenvalue weighted by Gasteiger charge is 2.27. The average molecular weight is 397 g/mol. The molecule has 0 bridgehead atoms. The van der Waals surface area contributed by atoms with Gasteiger partial charge in [-0.3, -0.25) is 14.1 Å². The van der Waals surface area contributed by atoms with Crippen molar-refractivity contribution in [2.24, 2.45) is 0 Å². The molecule has 0 atom stereocenters. The van der Waals surface area contributed by atoms with Gasteiger partial charge >= 0.3 is 0 Å². The number of phenols is 1. The highest BCUT2D eigenvalue weighted by molar-refractivity contribution is 7.92. The maximum Gasteiger partial charge on any atom is 0.264 e. The summed E-state index contributed by atoms with van der Waals surface area (Å²) < 4.78 is 27.8.